The SMILES string of the molecule is C#CCN(Cc1ccc(OC)cc1)C(=O)c1c(C)oc2ncnc(NC3(C)CC3)c12. The number of terminal acetylenes is 1. The lowest BCUT2D eigenvalue weighted by atomic mass is 10.1. The maximum absolute atomic E-state index is 13.6. The van der Waals surface area contributed by atoms with Crippen molar-refractivity contribution in [2.24, 2.45) is 0 Å². The molecule has 2 aromatic heterocycles. The first-order chi connectivity index (χ1) is 14.4. The summed E-state index contributed by atoms with van der Waals surface area (Å²) in [4.78, 5) is 23.8. The number of carbonyl (C=O) groups is 1. The van der Waals surface area contributed by atoms with Gasteiger partial charge in [0.1, 0.15) is 23.7 Å². The molecule has 3 aromatic rings. The van der Waals surface area contributed by atoms with E-state index in [1.807, 2.05) is 24.3 Å². The first-order valence-electron chi connectivity index (χ1n) is 9.82. The van der Waals surface area contributed by atoms with E-state index >= 15 is 0 Å². The molecule has 0 saturated heterocycles. The van der Waals surface area contributed by atoms with E-state index in [9.17, 15) is 4.79 Å². The number of methoxy groups -OCH3 is 1. The zero-order valence-electron chi connectivity index (χ0n) is 17.4. The van der Waals surface area contributed by atoms with Crippen LogP contribution in [0.3, 0.4) is 0 Å². The summed E-state index contributed by atoms with van der Waals surface area (Å²) in [6, 6.07) is 7.55. The lowest BCUT2D eigenvalue weighted by Gasteiger charge is -2.21. The highest BCUT2D eigenvalue weighted by Gasteiger charge is 2.38. The predicted octanol–water partition coefficient (Wildman–Crippen LogP) is 3.78. The molecule has 30 heavy (non-hydrogen) atoms. The Balaban J connectivity index is 1.70. The number of nitrogens with zero attached hydrogens (tertiary/aromatic N) is 3. The number of aromatic nitrogens is 2. The first kappa shape index (κ1) is 19.8. The molecule has 0 atom stereocenters. The second-order valence-corrected chi connectivity index (χ2v) is 7.83. The maximum Gasteiger partial charge on any atom is 0.259 e. The fourth-order valence-corrected chi connectivity index (χ4v) is 3.41. The van der Waals surface area contributed by atoms with Gasteiger partial charge < -0.3 is 19.4 Å². The number of hydrogen-bond donors (Lipinski definition) is 1. The van der Waals surface area contributed by atoms with Crippen LogP contribution in [-0.2, 0) is 6.54 Å². The van der Waals surface area contributed by atoms with Crippen LogP contribution < -0.4 is 10.1 Å². The fourth-order valence-electron chi connectivity index (χ4n) is 3.41. The van der Waals surface area contributed by atoms with Crippen molar-refractivity contribution in [1.29, 1.82) is 0 Å². The molecule has 1 fully saturated rings. The lowest BCUT2D eigenvalue weighted by Crippen LogP contribution is -2.31. The van der Waals surface area contributed by atoms with Crippen LogP contribution in [0, 0.1) is 19.3 Å². The Kier molecular flexibility index (Phi) is 5.08. The van der Waals surface area contributed by atoms with Crippen molar-refractivity contribution in [3.8, 4) is 18.1 Å². The van der Waals surface area contributed by atoms with Crippen molar-refractivity contribution in [3.63, 3.8) is 0 Å². The first-order valence-corrected chi connectivity index (χ1v) is 9.82. The van der Waals surface area contributed by atoms with E-state index in [-0.39, 0.29) is 18.0 Å². The molecule has 1 aliphatic carbocycles. The molecule has 0 aliphatic heterocycles. The molecular formula is C23H24N4O3. The summed E-state index contributed by atoms with van der Waals surface area (Å²) >= 11 is 0. The number of ether oxygens (including phenoxy) is 1. The van der Waals surface area contributed by atoms with Gasteiger partial charge in [-0.1, -0.05) is 18.1 Å². The van der Waals surface area contributed by atoms with Crippen LogP contribution in [0.2, 0.25) is 0 Å². The zero-order valence-corrected chi connectivity index (χ0v) is 17.4. The maximum atomic E-state index is 13.6. The number of furan rings is 1. The highest BCUT2D eigenvalue weighted by Crippen LogP contribution is 2.40. The van der Waals surface area contributed by atoms with Crippen LogP contribution >= 0.6 is 0 Å². The smallest absolute Gasteiger partial charge is 0.259 e. The fraction of sp³-hybridized carbons (Fsp3) is 0.348. The van der Waals surface area contributed by atoms with E-state index < -0.39 is 0 Å². The number of nitrogens with one attached hydrogen (secondary N) is 1. The molecule has 1 saturated carbocycles. The van der Waals surface area contributed by atoms with Crippen LogP contribution in [0.15, 0.2) is 35.0 Å². The van der Waals surface area contributed by atoms with Crippen molar-refractivity contribution in [2.75, 3.05) is 19.0 Å². The number of rotatable bonds is 7. The monoisotopic (exact) mass is 404 g/mol. The Bertz CT molecular complexity index is 1120. The second kappa shape index (κ2) is 7.71. The van der Waals surface area contributed by atoms with Gasteiger partial charge in [-0.15, -0.1) is 6.42 Å². The van der Waals surface area contributed by atoms with Gasteiger partial charge in [-0.2, -0.15) is 0 Å². The third-order valence-electron chi connectivity index (χ3n) is 5.40. The van der Waals surface area contributed by atoms with Crippen molar-refractivity contribution in [2.45, 2.75) is 38.8 Å². The van der Waals surface area contributed by atoms with Crippen molar-refractivity contribution < 1.29 is 13.9 Å². The van der Waals surface area contributed by atoms with E-state index in [4.69, 9.17) is 15.6 Å². The van der Waals surface area contributed by atoms with Gasteiger partial charge in [0, 0.05) is 12.1 Å². The summed E-state index contributed by atoms with van der Waals surface area (Å²) in [5.41, 5.74) is 1.78. The number of benzene rings is 1. The van der Waals surface area contributed by atoms with Crippen LogP contribution in [0.4, 0.5) is 5.82 Å². The predicted molar refractivity (Wildman–Crippen MR) is 114 cm³/mol. The van der Waals surface area contributed by atoms with Crippen molar-refractivity contribution in [1.82, 2.24) is 14.9 Å². The molecule has 1 N–H and O–H groups in total. The van der Waals surface area contributed by atoms with Crippen LogP contribution in [0.25, 0.3) is 11.1 Å². The Morgan fingerprint density at radius 1 is 1.33 bits per heavy atom. The van der Waals surface area contributed by atoms with E-state index in [1.165, 1.54) is 6.33 Å². The van der Waals surface area contributed by atoms with Gasteiger partial charge in [0.25, 0.3) is 5.91 Å². The average molecular weight is 404 g/mol. The van der Waals surface area contributed by atoms with Gasteiger partial charge >= 0.3 is 0 Å². The van der Waals surface area contributed by atoms with Gasteiger partial charge in [0.2, 0.25) is 5.71 Å². The highest BCUT2D eigenvalue weighted by atomic mass is 16.5. The molecule has 7 heteroatoms. The van der Waals surface area contributed by atoms with Gasteiger partial charge in [0.05, 0.1) is 24.6 Å². The normalized spacial score (nSPS) is 14.2. The van der Waals surface area contributed by atoms with E-state index in [0.717, 1.165) is 24.2 Å². The molecule has 1 amide bonds. The Morgan fingerprint density at radius 3 is 2.70 bits per heavy atom. The molecule has 0 radical (unpaired) electrons. The summed E-state index contributed by atoms with van der Waals surface area (Å²) in [5.74, 6) is 4.25. The summed E-state index contributed by atoms with van der Waals surface area (Å²) in [5, 5.41) is 4.04. The van der Waals surface area contributed by atoms with E-state index in [0.29, 0.717) is 34.8 Å². The van der Waals surface area contributed by atoms with Gasteiger partial charge in [-0.05, 0) is 44.4 Å². The van der Waals surface area contributed by atoms with Gasteiger partial charge in [-0.25, -0.2) is 9.97 Å². The number of aryl methyl sites for hydroxylation is 1. The Hall–Kier alpha value is -3.53. The molecule has 0 unspecified atom stereocenters. The third-order valence-corrected chi connectivity index (χ3v) is 5.40. The van der Waals surface area contributed by atoms with Gasteiger partial charge in [0.15, 0.2) is 0 Å². The van der Waals surface area contributed by atoms with Crippen molar-refractivity contribution in [3.05, 3.63) is 47.5 Å². The topological polar surface area (TPSA) is 80.5 Å². The summed E-state index contributed by atoms with van der Waals surface area (Å²) in [7, 11) is 1.62. The zero-order chi connectivity index (χ0) is 21.3. The molecule has 7 nitrogen and oxygen atoms in total. The molecule has 1 aromatic carbocycles. The van der Waals surface area contributed by atoms with Gasteiger partial charge in [-0.3, -0.25) is 4.79 Å². The van der Waals surface area contributed by atoms with Crippen molar-refractivity contribution >= 4 is 22.8 Å². The summed E-state index contributed by atoms with van der Waals surface area (Å²) in [6.07, 6.45) is 9.13. The average Bonchev–Trinajstić information content (AvgIpc) is 3.36. The molecule has 1 aliphatic rings. The summed E-state index contributed by atoms with van der Waals surface area (Å²) < 4.78 is 11.0. The minimum atomic E-state index is -0.209. The number of amides is 1. The number of hydrogen-bond acceptors (Lipinski definition) is 6. The Morgan fingerprint density at radius 2 is 2.07 bits per heavy atom. The standard InChI is InChI=1S/C23H24N4O3/c1-5-12-27(13-16-6-8-17(29-4)9-7-16)22(28)18-15(2)30-21-19(18)20(24-14-25-21)26-23(3)10-11-23/h1,6-9,14H,10-13H2,2-4H3,(H,24,25,26). The lowest BCUT2D eigenvalue weighted by molar-refractivity contribution is 0.0765. The highest BCUT2D eigenvalue weighted by molar-refractivity contribution is 6.10. The van der Waals surface area contributed by atoms with E-state index in [2.05, 4.69) is 28.1 Å². The third kappa shape index (κ3) is 3.81. The minimum absolute atomic E-state index is 0.00558. The summed E-state index contributed by atoms with van der Waals surface area (Å²) in [6.45, 7) is 4.43. The second-order valence-electron chi connectivity index (χ2n) is 7.83. The van der Waals surface area contributed by atoms with Crippen LogP contribution in [-0.4, -0.2) is 40.0 Å². The van der Waals surface area contributed by atoms with Crippen LogP contribution in [0.5, 0.6) is 5.75 Å². The minimum Gasteiger partial charge on any atom is -0.497 e. The molecule has 0 spiro atoms. The number of carbonyl (C=O) groups excluding carboxylic acids is 1. The molecular weight excluding hydrogens is 380 g/mol. The van der Waals surface area contributed by atoms with E-state index in [1.54, 1.807) is 18.9 Å². The molecule has 4 rings (SSSR count). The number of anilines is 1. The largest absolute Gasteiger partial charge is 0.497 e. The quantitative estimate of drug-likeness (QED) is 0.604. The molecule has 154 valence electrons. The Labute approximate surface area is 175 Å². The van der Waals surface area contributed by atoms with Crippen LogP contribution in [0.1, 0.15) is 41.4 Å². The molecule has 2 heterocycles. The number of fused-ring (bicyclic) bond motifs is 1. The molecule has 0 bridgehead atoms.